The molecule has 0 heterocycles. The summed E-state index contributed by atoms with van der Waals surface area (Å²) >= 11 is 0. The van der Waals surface area contributed by atoms with Crippen LogP contribution in [0.2, 0.25) is 0 Å². The first-order chi connectivity index (χ1) is 5.68. The number of carbonyl (C=O) groups is 1. The Morgan fingerprint density at radius 3 is 2.92 bits per heavy atom. The lowest BCUT2D eigenvalue weighted by Crippen LogP contribution is -2.49. The molecule has 2 aliphatic carbocycles. The summed E-state index contributed by atoms with van der Waals surface area (Å²) in [7, 11) is 0. The van der Waals surface area contributed by atoms with Crippen LogP contribution in [0.4, 0.5) is 0 Å². The smallest absolute Gasteiger partial charge is 0.326 e. The molecule has 0 saturated heterocycles. The van der Waals surface area contributed by atoms with Gasteiger partial charge in [-0.15, -0.1) is 0 Å². The average molecular weight is 169 g/mol. The minimum absolute atomic E-state index is 0.185. The van der Waals surface area contributed by atoms with Crippen molar-refractivity contribution >= 4 is 5.97 Å². The van der Waals surface area contributed by atoms with Crippen LogP contribution >= 0.6 is 0 Å². The van der Waals surface area contributed by atoms with Gasteiger partial charge in [0.05, 0.1) is 6.61 Å². The number of fused-ring (bicyclic) bond motifs is 1. The first-order valence-electron chi connectivity index (χ1n) is 4.64. The Labute approximate surface area is 72.3 Å². The van der Waals surface area contributed by atoms with E-state index in [1.165, 1.54) is 0 Å². The lowest BCUT2D eigenvalue weighted by atomic mass is 9.95. The maximum atomic E-state index is 11.5. The molecular weight excluding hydrogens is 154 g/mol. The molecule has 3 unspecified atom stereocenters. The van der Waals surface area contributed by atoms with Crippen molar-refractivity contribution in [2.75, 3.05) is 6.61 Å². The van der Waals surface area contributed by atoms with Crippen molar-refractivity contribution in [2.24, 2.45) is 17.6 Å². The predicted octanol–water partition coefficient (Wildman–Crippen LogP) is 0.677. The Hall–Kier alpha value is -0.570. The molecule has 3 nitrogen and oxygen atoms in total. The molecule has 0 aromatic carbocycles. The molecule has 3 atom stereocenters. The molecule has 0 bridgehead atoms. The summed E-state index contributed by atoms with van der Waals surface area (Å²) in [5, 5.41) is 0. The van der Waals surface area contributed by atoms with E-state index in [9.17, 15) is 4.79 Å². The first kappa shape index (κ1) is 8.05. The molecule has 3 heteroatoms. The fourth-order valence-corrected chi connectivity index (χ4v) is 2.33. The summed E-state index contributed by atoms with van der Waals surface area (Å²) in [6.07, 6.45) is 3.07. The first-order valence-corrected chi connectivity index (χ1v) is 4.64. The SMILES string of the molecule is CCOC(=O)C1(N)CCC2CC21. The van der Waals surface area contributed by atoms with Gasteiger partial charge in [-0.3, -0.25) is 4.79 Å². The molecule has 0 spiro atoms. The molecular formula is C9H15NO2. The van der Waals surface area contributed by atoms with Crippen LogP contribution in [0.1, 0.15) is 26.2 Å². The van der Waals surface area contributed by atoms with E-state index < -0.39 is 5.54 Å². The number of hydrogen-bond donors (Lipinski definition) is 1. The third-order valence-electron chi connectivity index (χ3n) is 3.17. The Kier molecular flexibility index (Phi) is 1.65. The van der Waals surface area contributed by atoms with Crippen molar-refractivity contribution in [3.63, 3.8) is 0 Å². The van der Waals surface area contributed by atoms with Gasteiger partial charge in [-0.05, 0) is 38.0 Å². The molecule has 0 amide bonds. The van der Waals surface area contributed by atoms with Crippen molar-refractivity contribution < 1.29 is 9.53 Å². The summed E-state index contributed by atoms with van der Waals surface area (Å²) in [4.78, 5) is 11.5. The van der Waals surface area contributed by atoms with Gasteiger partial charge in [-0.25, -0.2) is 0 Å². The van der Waals surface area contributed by atoms with Gasteiger partial charge in [-0.1, -0.05) is 0 Å². The van der Waals surface area contributed by atoms with Crippen LogP contribution in [-0.2, 0) is 9.53 Å². The van der Waals surface area contributed by atoms with Crippen LogP contribution in [0.3, 0.4) is 0 Å². The molecule has 2 aliphatic rings. The number of rotatable bonds is 2. The van der Waals surface area contributed by atoms with Gasteiger partial charge in [0, 0.05) is 0 Å². The molecule has 2 rings (SSSR count). The zero-order valence-electron chi connectivity index (χ0n) is 7.38. The summed E-state index contributed by atoms with van der Waals surface area (Å²) in [5.41, 5.74) is 5.37. The topological polar surface area (TPSA) is 52.3 Å². The van der Waals surface area contributed by atoms with E-state index in [1.807, 2.05) is 6.92 Å². The van der Waals surface area contributed by atoms with Crippen LogP contribution in [0.25, 0.3) is 0 Å². The van der Waals surface area contributed by atoms with Crippen molar-refractivity contribution in [1.82, 2.24) is 0 Å². The Balaban J connectivity index is 2.05. The van der Waals surface area contributed by atoms with Crippen LogP contribution in [0, 0.1) is 11.8 Å². The second-order valence-corrected chi connectivity index (χ2v) is 3.90. The lowest BCUT2D eigenvalue weighted by Gasteiger charge is -2.22. The number of esters is 1. The molecule has 2 saturated carbocycles. The van der Waals surface area contributed by atoms with E-state index in [2.05, 4.69) is 0 Å². The monoisotopic (exact) mass is 169 g/mol. The normalized spacial score (nSPS) is 43.8. The van der Waals surface area contributed by atoms with Gasteiger partial charge in [-0.2, -0.15) is 0 Å². The molecule has 0 aromatic rings. The van der Waals surface area contributed by atoms with Crippen LogP contribution in [0.5, 0.6) is 0 Å². The van der Waals surface area contributed by atoms with E-state index in [4.69, 9.17) is 10.5 Å². The molecule has 0 aliphatic heterocycles. The Morgan fingerprint density at radius 2 is 2.50 bits per heavy atom. The Morgan fingerprint density at radius 1 is 1.75 bits per heavy atom. The highest BCUT2D eigenvalue weighted by Gasteiger charge is 2.60. The van der Waals surface area contributed by atoms with E-state index in [0.717, 1.165) is 25.2 Å². The molecule has 2 fully saturated rings. The van der Waals surface area contributed by atoms with Gasteiger partial charge in [0.2, 0.25) is 0 Å². The average Bonchev–Trinajstić information content (AvgIpc) is 2.75. The second kappa shape index (κ2) is 2.46. The minimum atomic E-state index is -0.624. The molecule has 0 aromatic heterocycles. The zero-order chi connectivity index (χ0) is 8.77. The van der Waals surface area contributed by atoms with Crippen LogP contribution < -0.4 is 5.73 Å². The number of ether oxygens (including phenoxy) is 1. The van der Waals surface area contributed by atoms with E-state index in [1.54, 1.807) is 0 Å². The van der Waals surface area contributed by atoms with Crippen LogP contribution in [0.15, 0.2) is 0 Å². The van der Waals surface area contributed by atoms with Gasteiger partial charge >= 0.3 is 5.97 Å². The number of hydrogen-bond acceptors (Lipinski definition) is 3. The number of carbonyl (C=O) groups excluding carboxylic acids is 1. The fraction of sp³-hybridized carbons (Fsp3) is 0.889. The quantitative estimate of drug-likeness (QED) is 0.618. The standard InChI is InChI=1S/C9H15NO2/c1-2-12-8(11)9(10)4-3-6-5-7(6)9/h6-7H,2-5,10H2,1H3. The molecule has 2 N–H and O–H groups in total. The summed E-state index contributed by atoms with van der Waals surface area (Å²) < 4.78 is 4.96. The summed E-state index contributed by atoms with van der Waals surface area (Å²) in [5.74, 6) is 0.964. The summed E-state index contributed by atoms with van der Waals surface area (Å²) in [6.45, 7) is 2.26. The van der Waals surface area contributed by atoms with Crippen molar-refractivity contribution in [2.45, 2.75) is 31.7 Å². The highest BCUT2D eigenvalue weighted by molar-refractivity contribution is 5.82. The van der Waals surface area contributed by atoms with Crippen molar-refractivity contribution in [3.05, 3.63) is 0 Å². The number of nitrogens with two attached hydrogens (primary N) is 1. The van der Waals surface area contributed by atoms with Crippen LogP contribution in [-0.4, -0.2) is 18.1 Å². The zero-order valence-corrected chi connectivity index (χ0v) is 7.38. The maximum Gasteiger partial charge on any atom is 0.326 e. The van der Waals surface area contributed by atoms with E-state index in [-0.39, 0.29) is 5.97 Å². The van der Waals surface area contributed by atoms with E-state index >= 15 is 0 Å². The largest absolute Gasteiger partial charge is 0.465 e. The van der Waals surface area contributed by atoms with Gasteiger partial charge in [0.1, 0.15) is 5.54 Å². The van der Waals surface area contributed by atoms with Crippen molar-refractivity contribution in [1.29, 1.82) is 0 Å². The molecule has 12 heavy (non-hydrogen) atoms. The fourth-order valence-electron chi connectivity index (χ4n) is 2.33. The summed E-state index contributed by atoms with van der Waals surface area (Å²) in [6, 6.07) is 0. The lowest BCUT2D eigenvalue weighted by molar-refractivity contribution is -0.150. The van der Waals surface area contributed by atoms with Gasteiger partial charge in [0.25, 0.3) is 0 Å². The second-order valence-electron chi connectivity index (χ2n) is 3.90. The maximum absolute atomic E-state index is 11.5. The molecule has 0 radical (unpaired) electrons. The highest BCUT2D eigenvalue weighted by atomic mass is 16.5. The third-order valence-corrected chi connectivity index (χ3v) is 3.17. The van der Waals surface area contributed by atoms with Crippen molar-refractivity contribution in [3.8, 4) is 0 Å². The predicted molar refractivity (Wildman–Crippen MR) is 44.4 cm³/mol. The minimum Gasteiger partial charge on any atom is -0.465 e. The highest BCUT2D eigenvalue weighted by Crippen LogP contribution is 2.56. The van der Waals surface area contributed by atoms with Gasteiger partial charge in [0.15, 0.2) is 0 Å². The molecule has 68 valence electrons. The Bertz CT molecular complexity index is 217. The van der Waals surface area contributed by atoms with Gasteiger partial charge < -0.3 is 10.5 Å². The third kappa shape index (κ3) is 0.959. The van der Waals surface area contributed by atoms with E-state index in [0.29, 0.717) is 12.5 Å².